The third-order valence-electron chi connectivity index (χ3n) is 2.76. The van der Waals surface area contributed by atoms with Gasteiger partial charge in [0.15, 0.2) is 5.96 Å². The summed E-state index contributed by atoms with van der Waals surface area (Å²) in [6.07, 6.45) is 0. The number of hydrogen-bond donors (Lipinski definition) is 2. The maximum Gasteiger partial charge on any atom is 0.191 e. The Balaban J connectivity index is 0.00000242. The number of guanidine groups is 1. The highest BCUT2D eigenvalue weighted by Gasteiger charge is 2.02. The van der Waals surface area contributed by atoms with Crippen molar-refractivity contribution < 1.29 is 4.39 Å². The average molecular weight is 498 g/mol. The summed E-state index contributed by atoms with van der Waals surface area (Å²) in [4.78, 5) is 5.72. The molecule has 1 aromatic carbocycles. The van der Waals surface area contributed by atoms with E-state index >= 15 is 0 Å². The minimum Gasteiger partial charge on any atom is -0.357 e. The fraction of sp³-hybridized carbons (Fsp3) is 0.267. The summed E-state index contributed by atoms with van der Waals surface area (Å²) in [6, 6.07) is 9.16. The van der Waals surface area contributed by atoms with E-state index in [0.717, 1.165) is 24.6 Å². The van der Waals surface area contributed by atoms with Gasteiger partial charge < -0.3 is 10.6 Å². The maximum atomic E-state index is 13.5. The lowest BCUT2D eigenvalue weighted by molar-refractivity contribution is 0.618. The fourth-order valence-corrected chi connectivity index (χ4v) is 2.63. The van der Waals surface area contributed by atoms with Crippen molar-refractivity contribution in [1.29, 1.82) is 0 Å². The Bertz CT molecular complexity index is 605. The molecule has 0 spiro atoms. The van der Waals surface area contributed by atoms with Gasteiger partial charge in [-0.2, -0.15) is 0 Å². The summed E-state index contributed by atoms with van der Waals surface area (Å²) in [6.45, 7) is 3.97. The van der Waals surface area contributed by atoms with Crippen LogP contribution < -0.4 is 10.6 Å². The monoisotopic (exact) mass is 497 g/mol. The van der Waals surface area contributed by atoms with E-state index in [1.165, 1.54) is 10.9 Å². The van der Waals surface area contributed by atoms with E-state index in [4.69, 9.17) is 0 Å². The van der Waals surface area contributed by atoms with Crippen LogP contribution in [0.2, 0.25) is 0 Å². The summed E-state index contributed by atoms with van der Waals surface area (Å²) in [7, 11) is 0. The van der Waals surface area contributed by atoms with Crippen molar-refractivity contribution in [2.75, 3.05) is 6.54 Å². The molecule has 0 aliphatic carbocycles. The second-order valence-corrected chi connectivity index (χ2v) is 6.26. The third-order valence-corrected chi connectivity index (χ3v) is 4.28. The number of aliphatic imine (C=N–C) groups is 1. The quantitative estimate of drug-likeness (QED) is 0.362. The smallest absolute Gasteiger partial charge is 0.191 e. The van der Waals surface area contributed by atoms with E-state index in [9.17, 15) is 4.39 Å². The lowest BCUT2D eigenvalue weighted by atomic mass is 10.2. The molecule has 0 atom stereocenters. The highest BCUT2D eigenvalue weighted by atomic mass is 127. The van der Waals surface area contributed by atoms with Gasteiger partial charge in [0.2, 0.25) is 0 Å². The van der Waals surface area contributed by atoms with Gasteiger partial charge in [0.1, 0.15) is 5.82 Å². The van der Waals surface area contributed by atoms with E-state index in [1.807, 2.05) is 24.4 Å². The fourth-order valence-electron chi connectivity index (χ4n) is 1.73. The van der Waals surface area contributed by atoms with Crippen molar-refractivity contribution >= 4 is 57.2 Å². The highest BCUT2D eigenvalue weighted by molar-refractivity contribution is 14.0. The number of thiophene rings is 1. The van der Waals surface area contributed by atoms with Gasteiger partial charge in [-0.25, -0.2) is 9.38 Å². The first kappa shape index (κ1) is 19.4. The van der Waals surface area contributed by atoms with Gasteiger partial charge in [-0.1, -0.05) is 12.1 Å². The van der Waals surface area contributed by atoms with Gasteiger partial charge in [-0.3, -0.25) is 0 Å². The first-order valence-corrected chi connectivity index (χ1v) is 8.34. The van der Waals surface area contributed by atoms with E-state index in [1.54, 1.807) is 17.4 Å². The normalized spacial score (nSPS) is 11.0. The zero-order chi connectivity index (χ0) is 15.1. The molecule has 22 heavy (non-hydrogen) atoms. The van der Waals surface area contributed by atoms with Gasteiger partial charge in [-0.15, -0.1) is 35.3 Å². The zero-order valence-corrected chi connectivity index (χ0v) is 16.8. The van der Waals surface area contributed by atoms with Crippen molar-refractivity contribution in [1.82, 2.24) is 10.6 Å². The Morgan fingerprint density at radius 2 is 2.14 bits per heavy atom. The Labute approximate surface area is 159 Å². The average Bonchev–Trinajstić information content (AvgIpc) is 2.99. The molecular formula is C15H18BrFIN3S. The molecule has 7 heteroatoms. The van der Waals surface area contributed by atoms with Gasteiger partial charge in [0.25, 0.3) is 0 Å². The molecule has 0 saturated carbocycles. The van der Waals surface area contributed by atoms with E-state index < -0.39 is 0 Å². The molecule has 0 fully saturated rings. The lowest BCUT2D eigenvalue weighted by Gasteiger charge is -2.10. The van der Waals surface area contributed by atoms with Crippen LogP contribution >= 0.6 is 51.2 Å². The summed E-state index contributed by atoms with van der Waals surface area (Å²) in [5, 5.41) is 8.49. The molecule has 1 aromatic heterocycles. The molecule has 120 valence electrons. The molecule has 0 radical (unpaired) electrons. The molecule has 0 unspecified atom stereocenters. The van der Waals surface area contributed by atoms with Crippen LogP contribution in [-0.2, 0) is 13.1 Å². The highest BCUT2D eigenvalue weighted by Crippen LogP contribution is 2.16. The molecule has 3 nitrogen and oxygen atoms in total. The van der Waals surface area contributed by atoms with Crippen LogP contribution in [0.5, 0.6) is 0 Å². The first-order valence-electron chi connectivity index (χ1n) is 6.67. The summed E-state index contributed by atoms with van der Waals surface area (Å²) in [5.41, 5.74) is 0.837. The molecule has 2 rings (SSSR count). The second-order valence-electron chi connectivity index (χ2n) is 4.38. The topological polar surface area (TPSA) is 36.4 Å². The standard InChI is InChI=1S/C15H17BrFN3S.HI/c1-2-18-15(20-10-12-4-3-7-21-12)19-9-11-5-6-13(16)14(17)8-11;/h3-8H,2,9-10H2,1H3,(H2,18,19,20);1H. The molecule has 0 bridgehead atoms. The van der Waals surface area contributed by atoms with E-state index in [2.05, 4.69) is 37.6 Å². The SMILES string of the molecule is CCNC(=NCc1ccc(Br)c(F)c1)NCc1cccs1.I. The molecule has 0 aliphatic rings. The maximum absolute atomic E-state index is 13.5. The summed E-state index contributed by atoms with van der Waals surface area (Å²) in [5.74, 6) is 0.466. The Kier molecular flexibility index (Phi) is 8.96. The second kappa shape index (κ2) is 10.2. The van der Waals surface area contributed by atoms with Crippen molar-refractivity contribution in [3.05, 3.63) is 56.4 Å². The summed E-state index contributed by atoms with van der Waals surface area (Å²) < 4.78 is 13.9. The number of benzene rings is 1. The molecule has 2 N–H and O–H groups in total. The Morgan fingerprint density at radius 3 is 2.77 bits per heavy atom. The van der Waals surface area contributed by atoms with Gasteiger partial charge in [-0.05, 0) is 52.0 Å². The number of rotatable bonds is 5. The number of hydrogen-bond acceptors (Lipinski definition) is 2. The van der Waals surface area contributed by atoms with Crippen LogP contribution in [0.4, 0.5) is 4.39 Å². The molecule has 0 saturated heterocycles. The largest absolute Gasteiger partial charge is 0.357 e. The van der Waals surface area contributed by atoms with Crippen molar-refractivity contribution in [2.45, 2.75) is 20.0 Å². The van der Waals surface area contributed by atoms with Crippen molar-refractivity contribution in [2.24, 2.45) is 4.99 Å². The van der Waals surface area contributed by atoms with E-state index in [0.29, 0.717) is 11.0 Å². The molecule has 2 aromatic rings. The zero-order valence-electron chi connectivity index (χ0n) is 12.1. The number of nitrogens with zero attached hydrogens (tertiary/aromatic N) is 1. The van der Waals surface area contributed by atoms with E-state index in [-0.39, 0.29) is 29.8 Å². The molecular weight excluding hydrogens is 480 g/mol. The van der Waals surface area contributed by atoms with Gasteiger partial charge in [0.05, 0.1) is 17.6 Å². The van der Waals surface area contributed by atoms with Crippen molar-refractivity contribution in [3.8, 4) is 0 Å². The van der Waals surface area contributed by atoms with Crippen LogP contribution in [-0.4, -0.2) is 12.5 Å². The van der Waals surface area contributed by atoms with Gasteiger partial charge >= 0.3 is 0 Å². The van der Waals surface area contributed by atoms with Crippen LogP contribution in [0, 0.1) is 5.82 Å². The van der Waals surface area contributed by atoms with Crippen molar-refractivity contribution in [3.63, 3.8) is 0 Å². The Morgan fingerprint density at radius 1 is 1.32 bits per heavy atom. The minimum atomic E-state index is -0.265. The third kappa shape index (κ3) is 6.21. The molecule has 0 amide bonds. The minimum absolute atomic E-state index is 0. The molecule has 1 heterocycles. The predicted octanol–water partition coefficient (Wildman–Crippen LogP) is 4.52. The first-order chi connectivity index (χ1) is 10.2. The van der Waals surface area contributed by atoms with Gasteiger partial charge in [0, 0.05) is 11.4 Å². The Hall–Kier alpha value is -0.670. The summed E-state index contributed by atoms with van der Waals surface area (Å²) >= 11 is 4.85. The van der Waals surface area contributed by atoms with Crippen LogP contribution in [0.3, 0.4) is 0 Å². The van der Waals surface area contributed by atoms with Crippen LogP contribution in [0.25, 0.3) is 0 Å². The number of nitrogens with one attached hydrogen (secondary N) is 2. The lowest BCUT2D eigenvalue weighted by Crippen LogP contribution is -2.36. The van der Waals surface area contributed by atoms with Crippen LogP contribution in [0.15, 0.2) is 45.2 Å². The molecule has 0 aliphatic heterocycles. The number of halogens is 3. The van der Waals surface area contributed by atoms with Crippen LogP contribution in [0.1, 0.15) is 17.4 Å². The predicted molar refractivity (Wildman–Crippen MR) is 105 cm³/mol.